The quantitative estimate of drug-likeness (QED) is 0.318. The summed E-state index contributed by atoms with van der Waals surface area (Å²) in [6, 6.07) is 23.3. The number of nitrogens with one attached hydrogen (secondary N) is 1. The number of carbonyl (C=O) groups excluding carboxylic acids is 1. The highest BCUT2D eigenvalue weighted by Gasteiger charge is 2.24. The van der Waals surface area contributed by atoms with Crippen molar-refractivity contribution in [3.05, 3.63) is 83.4 Å². The predicted molar refractivity (Wildman–Crippen MR) is 133 cm³/mol. The molecule has 7 nitrogen and oxygen atoms in total. The van der Waals surface area contributed by atoms with Crippen LogP contribution in [-0.2, 0) is 4.79 Å². The van der Waals surface area contributed by atoms with E-state index in [1.165, 1.54) is 0 Å². The van der Waals surface area contributed by atoms with Crippen LogP contribution in [0.1, 0.15) is 5.56 Å². The molecule has 35 heavy (non-hydrogen) atoms. The van der Waals surface area contributed by atoms with Gasteiger partial charge >= 0.3 is 0 Å². The van der Waals surface area contributed by atoms with Crippen molar-refractivity contribution in [1.82, 2.24) is 0 Å². The van der Waals surface area contributed by atoms with Crippen molar-refractivity contribution in [2.45, 2.75) is 0 Å². The number of halogens is 1. The second-order valence-corrected chi connectivity index (χ2v) is 7.81. The first-order valence-electron chi connectivity index (χ1n) is 10.6. The van der Waals surface area contributed by atoms with Gasteiger partial charge in [0.05, 0.1) is 14.2 Å². The molecule has 1 amide bonds. The molecule has 0 bridgehead atoms. The molecule has 8 heteroatoms. The minimum absolute atomic E-state index is 0.0360. The lowest BCUT2D eigenvalue weighted by Crippen LogP contribution is -2.20. The maximum Gasteiger partial charge on any atom is 0.264 e. The minimum atomic E-state index is -0.479. The van der Waals surface area contributed by atoms with Gasteiger partial charge in [0.1, 0.15) is 34.6 Å². The zero-order valence-electron chi connectivity index (χ0n) is 19.0. The molecule has 1 heterocycles. The lowest BCUT2D eigenvalue weighted by atomic mass is 9.98. The Hall–Kier alpha value is -4.41. The molecule has 0 aliphatic heterocycles. The summed E-state index contributed by atoms with van der Waals surface area (Å²) in [5.74, 6) is 1.83. The maximum absolute atomic E-state index is 12.6. The second-order valence-electron chi connectivity index (χ2n) is 7.37. The normalized spacial score (nSPS) is 10.3. The molecule has 0 aliphatic carbocycles. The zero-order chi connectivity index (χ0) is 24.8. The van der Waals surface area contributed by atoms with E-state index in [4.69, 9.17) is 30.2 Å². The van der Waals surface area contributed by atoms with Gasteiger partial charge in [0.2, 0.25) is 5.88 Å². The molecule has 0 spiro atoms. The van der Waals surface area contributed by atoms with Crippen molar-refractivity contribution in [2.75, 3.05) is 26.1 Å². The molecular weight excluding hydrogens is 468 g/mol. The van der Waals surface area contributed by atoms with Crippen LogP contribution in [-0.4, -0.2) is 26.7 Å². The summed E-state index contributed by atoms with van der Waals surface area (Å²) in [5, 5.41) is 13.2. The Morgan fingerprint density at radius 1 is 0.886 bits per heavy atom. The summed E-state index contributed by atoms with van der Waals surface area (Å²) in [6.45, 7) is -0.275. The first-order chi connectivity index (χ1) is 17.0. The Kier molecular flexibility index (Phi) is 7.24. The predicted octanol–water partition coefficient (Wildman–Crippen LogP) is 6.17. The number of rotatable bonds is 8. The molecule has 176 valence electrons. The Balaban J connectivity index is 1.68. The monoisotopic (exact) mass is 488 g/mol. The van der Waals surface area contributed by atoms with Crippen molar-refractivity contribution >= 4 is 23.4 Å². The van der Waals surface area contributed by atoms with Crippen LogP contribution in [0.15, 0.2) is 77.2 Å². The number of hydrogen-bond acceptors (Lipinski definition) is 6. The molecule has 3 aromatic carbocycles. The summed E-state index contributed by atoms with van der Waals surface area (Å²) in [7, 11) is 3.16. The molecule has 0 radical (unpaired) electrons. The van der Waals surface area contributed by atoms with Gasteiger partial charge in [-0.25, -0.2) is 0 Å². The van der Waals surface area contributed by atoms with Gasteiger partial charge in [-0.1, -0.05) is 23.7 Å². The largest absolute Gasteiger partial charge is 0.497 e. The topological polar surface area (TPSA) is 93.7 Å². The van der Waals surface area contributed by atoms with Crippen molar-refractivity contribution in [2.24, 2.45) is 0 Å². The number of nitriles is 1. The van der Waals surface area contributed by atoms with Crippen molar-refractivity contribution in [3.63, 3.8) is 0 Å². The molecule has 0 fully saturated rings. The van der Waals surface area contributed by atoms with E-state index in [-0.39, 0.29) is 18.1 Å². The number of ether oxygens (including phenoxy) is 3. The fourth-order valence-corrected chi connectivity index (χ4v) is 3.57. The lowest BCUT2D eigenvalue weighted by molar-refractivity contribution is -0.118. The van der Waals surface area contributed by atoms with Crippen LogP contribution in [0.5, 0.6) is 17.2 Å². The Bertz CT molecular complexity index is 1360. The van der Waals surface area contributed by atoms with Gasteiger partial charge in [-0.3, -0.25) is 10.1 Å². The number of methoxy groups -OCH3 is 2. The van der Waals surface area contributed by atoms with E-state index in [1.54, 1.807) is 62.8 Å². The van der Waals surface area contributed by atoms with Crippen molar-refractivity contribution < 1.29 is 23.4 Å². The van der Waals surface area contributed by atoms with E-state index >= 15 is 0 Å². The highest BCUT2D eigenvalue weighted by molar-refractivity contribution is 6.30. The number of hydrogen-bond donors (Lipinski definition) is 1. The van der Waals surface area contributed by atoms with Crippen LogP contribution in [0, 0.1) is 11.3 Å². The first-order valence-corrected chi connectivity index (χ1v) is 10.9. The molecule has 0 atom stereocenters. The summed E-state index contributed by atoms with van der Waals surface area (Å²) in [5.41, 5.74) is 2.19. The van der Waals surface area contributed by atoms with Crippen LogP contribution in [0.4, 0.5) is 5.88 Å². The van der Waals surface area contributed by atoms with E-state index < -0.39 is 5.91 Å². The number of benzene rings is 3. The highest BCUT2D eigenvalue weighted by Crippen LogP contribution is 2.42. The number of furan rings is 1. The maximum atomic E-state index is 12.6. The van der Waals surface area contributed by atoms with E-state index in [9.17, 15) is 10.1 Å². The van der Waals surface area contributed by atoms with Gasteiger partial charge in [-0.15, -0.1) is 0 Å². The number of carbonyl (C=O) groups is 1. The minimum Gasteiger partial charge on any atom is -0.497 e. The summed E-state index contributed by atoms with van der Waals surface area (Å²) < 4.78 is 22.0. The SMILES string of the molecule is COc1ccc(-c2oc(NC(=O)COc3ccc(Cl)cc3)c(C#N)c2-c2ccc(OC)cc2)cc1. The van der Waals surface area contributed by atoms with E-state index in [0.29, 0.717) is 39.2 Å². The fraction of sp³-hybridized carbons (Fsp3) is 0.111. The fourth-order valence-electron chi connectivity index (χ4n) is 3.45. The van der Waals surface area contributed by atoms with Crippen molar-refractivity contribution in [3.8, 4) is 45.8 Å². The lowest BCUT2D eigenvalue weighted by Gasteiger charge is -2.06. The third-order valence-electron chi connectivity index (χ3n) is 5.19. The molecule has 0 saturated carbocycles. The summed E-state index contributed by atoms with van der Waals surface area (Å²) in [6.07, 6.45) is 0. The highest BCUT2D eigenvalue weighted by atomic mass is 35.5. The smallest absolute Gasteiger partial charge is 0.264 e. The van der Waals surface area contributed by atoms with Crippen LogP contribution in [0.2, 0.25) is 5.02 Å². The Morgan fingerprint density at radius 3 is 1.97 bits per heavy atom. The Morgan fingerprint density at radius 2 is 1.43 bits per heavy atom. The molecular formula is C27H21ClN2O5. The third-order valence-corrected chi connectivity index (χ3v) is 5.44. The van der Waals surface area contributed by atoms with Crippen LogP contribution < -0.4 is 19.5 Å². The molecule has 0 saturated heterocycles. The van der Waals surface area contributed by atoms with Gasteiger partial charge in [0.25, 0.3) is 5.91 Å². The number of nitrogens with zero attached hydrogens (tertiary/aromatic N) is 1. The summed E-state index contributed by atoms with van der Waals surface area (Å²) >= 11 is 5.88. The standard InChI is InChI=1S/C27H21ClN2O5/c1-32-20-9-3-17(4-10-20)25-23(15-29)27(35-26(25)18-5-11-21(33-2)12-6-18)30-24(31)16-34-22-13-7-19(28)8-14-22/h3-14H,16H2,1-2H3,(H,30,31). The average Bonchev–Trinajstić information content (AvgIpc) is 3.26. The molecule has 0 unspecified atom stereocenters. The van der Waals surface area contributed by atoms with Gasteiger partial charge < -0.3 is 18.6 Å². The number of amides is 1. The van der Waals surface area contributed by atoms with Crippen molar-refractivity contribution in [1.29, 1.82) is 5.26 Å². The molecule has 1 aromatic heterocycles. The van der Waals surface area contributed by atoms with E-state index in [0.717, 1.165) is 5.56 Å². The second kappa shape index (κ2) is 10.7. The Labute approximate surface area is 207 Å². The molecule has 4 aromatic rings. The molecule has 4 rings (SSSR count). The van der Waals surface area contributed by atoms with Crippen LogP contribution >= 0.6 is 11.6 Å². The zero-order valence-corrected chi connectivity index (χ0v) is 19.8. The molecule has 0 aliphatic rings. The van der Waals surface area contributed by atoms with Gasteiger partial charge in [0.15, 0.2) is 6.61 Å². The average molecular weight is 489 g/mol. The van der Waals surface area contributed by atoms with Gasteiger partial charge in [0, 0.05) is 16.1 Å². The molecule has 1 N–H and O–H groups in total. The third kappa shape index (κ3) is 5.40. The first kappa shape index (κ1) is 23.7. The van der Waals surface area contributed by atoms with E-state index in [2.05, 4.69) is 11.4 Å². The van der Waals surface area contributed by atoms with Gasteiger partial charge in [-0.2, -0.15) is 5.26 Å². The van der Waals surface area contributed by atoms with E-state index in [1.807, 2.05) is 24.3 Å². The number of anilines is 1. The van der Waals surface area contributed by atoms with Crippen LogP contribution in [0.3, 0.4) is 0 Å². The van der Waals surface area contributed by atoms with Crippen LogP contribution in [0.25, 0.3) is 22.5 Å². The summed E-state index contributed by atoms with van der Waals surface area (Å²) in [4.78, 5) is 12.6. The van der Waals surface area contributed by atoms with Gasteiger partial charge in [-0.05, 0) is 66.2 Å².